The lowest BCUT2D eigenvalue weighted by Gasteiger charge is -2.22. The Morgan fingerprint density at radius 1 is 0.828 bits per heavy atom. The molecule has 3 aromatic rings. The first kappa shape index (κ1) is 18.4. The van der Waals surface area contributed by atoms with Crippen molar-refractivity contribution in [3.63, 3.8) is 0 Å². The van der Waals surface area contributed by atoms with Gasteiger partial charge in [0, 0.05) is 17.6 Å². The Hall–Kier alpha value is -2.66. The largest absolute Gasteiger partial charge is 0.454 e. The zero-order valence-electron chi connectivity index (χ0n) is 16.6. The van der Waals surface area contributed by atoms with Crippen LogP contribution in [-0.2, 0) is 13.1 Å². The standard InChI is InChI=1S/C24H23BrN2O2/c1-16-9-21-22(10-17(16)2)27(13-19-5-3-4-6-20(19)25)14-26(21)12-18-7-8-23-24(11-18)29-15-28-23/h3-11H,12-15H2,1-2H3. The van der Waals surface area contributed by atoms with Crippen LogP contribution in [0.4, 0.5) is 11.4 Å². The van der Waals surface area contributed by atoms with Crippen LogP contribution in [0.2, 0.25) is 0 Å². The molecule has 0 N–H and O–H groups in total. The average molecular weight is 451 g/mol. The summed E-state index contributed by atoms with van der Waals surface area (Å²) in [5.41, 5.74) is 7.75. The molecule has 3 aromatic carbocycles. The Labute approximate surface area is 179 Å². The molecule has 0 atom stereocenters. The summed E-state index contributed by atoms with van der Waals surface area (Å²) in [6.07, 6.45) is 0. The fourth-order valence-electron chi connectivity index (χ4n) is 4.01. The highest BCUT2D eigenvalue weighted by Crippen LogP contribution is 2.41. The quantitative estimate of drug-likeness (QED) is 0.502. The highest BCUT2D eigenvalue weighted by atomic mass is 79.9. The minimum atomic E-state index is 0.309. The summed E-state index contributed by atoms with van der Waals surface area (Å²) >= 11 is 3.70. The number of fused-ring (bicyclic) bond motifs is 2. The number of hydrogen-bond acceptors (Lipinski definition) is 4. The van der Waals surface area contributed by atoms with Crippen molar-refractivity contribution in [2.75, 3.05) is 23.3 Å². The predicted molar refractivity (Wildman–Crippen MR) is 120 cm³/mol. The molecule has 0 saturated heterocycles. The molecule has 148 valence electrons. The van der Waals surface area contributed by atoms with Crippen molar-refractivity contribution in [2.45, 2.75) is 26.9 Å². The molecule has 0 amide bonds. The Bertz CT molecular complexity index is 1080. The van der Waals surface area contributed by atoms with Crippen LogP contribution in [0.5, 0.6) is 11.5 Å². The van der Waals surface area contributed by atoms with Gasteiger partial charge in [0.2, 0.25) is 6.79 Å². The maximum Gasteiger partial charge on any atom is 0.231 e. The highest BCUT2D eigenvalue weighted by Gasteiger charge is 2.27. The molecule has 0 radical (unpaired) electrons. The molecule has 29 heavy (non-hydrogen) atoms. The number of anilines is 2. The molecule has 0 unspecified atom stereocenters. The normalized spacial score (nSPS) is 14.4. The smallest absolute Gasteiger partial charge is 0.231 e. The van der Waals surface area contributed by atoms with Crippen molar-refractivity contribution in [1.29, 1.82) is 0 Å². The number of nitrogens with zero attached hydrogens (tertiary/aromatic N) is 2. The second-order valence-electron chi connectivity index (χ2n) is 7.74. The summed E-state index contributed by atoms with van der Waals surface area (Å²) in [6, 6.07) is 19.3. The molecule has 0 aliphatic carbocycles. The molecular weight excluding hydrogens is 428 g/mol. The minimum Gasteiger partial charge on any atom is -0.454 e. The third-order valence-electron chi connectivity index (χ3n) is 5.74. The number of rotatable bonds is 4. The molecule has 0 saturated carbocycles. The van der Waals surface area contributed by atoms with Crippen molar-refractivity contribution >= 4 is 27.3 Å². The first-order valence-electron chi connectivity index (χ1n) is 9.81. The van der Waals surface area contributed by atoms with E-state index in [1.165, 1.54) is 33.6 Å². The maximum atomic E-state index is 5.56. The van der Waals surface area contributed by atoms with E-state index in [1.807, 2.05) is 6.07 Å². The lowest BCUT2D eigenvalue weighted by atomic mass is 10.1. The average Bonchev–Trinajstić information content (AvgIpc) is 3.29. The number of ether oxygens (including phenoxy) is 2. The van der Waals surface area contributed by atoms with Crippen molar-refractivity contribution < 1.29 is 9.47 Å². The van der Waals surface area contributed by atoms with Gasteiger partial charge in [-0.25, -0.2) is 0 Å². The van der Waals surface area contributed by atoms with E-state index in [1.54, 1.807) is 0 Å². The Kier molecular flexibility index (Phi) is 4.63. The summed E-state index contributed by atoms with van der Waals surface area (Å²) in [4.78, 5) is 4.89. The van der Waals surface area contributed by atoms with Gasteiger partial charge < -0.3 is 19.3 Å². The van der Waals surface area contributed by atoms with Gasteiger partial charge in [-0.1, -0.05) is 40.2 Å². The molecule has 4 nitrogen and oxygen atoms in total. The molecular formula is C24H23BrN2O2. The number of halogens is 1. The van der Waals surface area contributed by atoms with Crippen LogP contribution in [-0.4, -0.2) is 13.5 Å². The van der Waals surface area contributed by atoms with E-state index >= 15 is 0 Å². The minimum absolute atomic E-state index is 0.309. The molecule has 0 spiro atoms. The lowest BCUT2D eigenvalue weighted by molar-refractivity contribution is 0.174. The van der Waals surface area contributed by atoms with Gasteiger partial charge >= 0.3 is 0 Å². The van der Waals surface area contributed by atoms with Crippen LogP contribution in [0.15, 0.2) is 59.1 Å². The van der Waals surface area contributed by atoms with E-state index < -0.39 is 0 Å². The number of benzene rings is 3. The third kappa shape index (κ3) is 3.44. The molecule has 2 aliphatic rings. The Balaban J connectivity index is 1.46. The molecule has 0 bridgehead atoms. The van der Waals surface area contributed by atoms with Crippen molar-refractivity contribution in [2.24, 2.45) is 0 Å². The first-order chi connectivity index (χ1) is 14.1. The van der Waals surface area contributed by atoms with Gasteiger partial charge in [-0.3, -0.25) is 0 Å². The van der Waals surface area contributed by atoms with E-state index in [4.69, 9.17) is 9.47 Å². The fraction of sp³-hybridized carbons (Fsp3) is 0.250. The third-order valence-corrected chi connectivity index (χ3v) is 6.52. The van der Waals surface area contributed by atoms with Gasteiger partial charge in [-0.15, -0.1) is 0 Å². The van der Waals surface area contributed by atoms with Crippen LogP contribution in [0.3, 0.4) is 0 Å². The first-order valence-corrected chi connectivity index (χ1v) is 10.6. The molecule has 5 heteroatoms. The van der Waals surface area contributed by atoms with E-state index in [9.17, 15) is 0 Å². The van der Waals surface area contributed by atoms with Gasteiger partial charge in [0.1, 0.15) is 0 Å². The van der Waals surface area contributed by atoms with Crippen LogP contribution in [0.1, 0.15) is 22.3 Å². The van der Waals surface area contributed by atoms with Crippen molar-refractivity contribution in [3.8, 4) is 11.5 Å². The summed E-state index contributed by atoms with van der Waals surface area (Å²) in [5, 5.41) is 0. The maximum absolute atomic E-state index is 5.56. The van der Waals surface area contributed by atoms with Gasteiger partial charge in [0.05, 0.1) is 18.0 Å². The van der Waals surface area contributed by atoms with E-state index in [2.05, 4.69) is 88.1 Å². The second kappa shape index (κ2) is 7.30. The molecule has 5 rings (SSSR count). The van der Waals surface area contributed by atoms with Crippen LogP contribution in [0.25, 0.3) is 0 Å². The van der Waals surface area contributed by atoms with E-state index in [0.717, 1.165) is 35.7 Å². The van der Waals surface area contributed by atoms with Crippen molar-refractivity contribution in [1.82, 2.24) is 0 Å². The van der Waals surface area contributed by atoms with Gasteiger partial charge in [0.15, 0.2) is 11.5 Å². The number of hydrogen-bond donors (Lipinski definition) is 0. The molecule has 0 aromatic heterocycles. The van der Waals surface area contributed by atoms with Crippen LogP contribution in [0, 0.1) is 13.8 Å². The molecule has 2 aliphatic heterocycles. The van der Waals surface area contributed by atoms with Crippen LogP contribution < -0.4 is 19.3 Å². The van der Waals surface area contributed by atoms with Gasteiger partial charge in [0.25, 0.3) is 0 Å². The summed E-state index contributed by atoms with van der Waals surface area (Å²) in [5.74, 6) is 1.67. The molecule has 2 heterocycles. The predicted octanol–water partition coefficient (Wildman–Crippen LogP) is 5.78. The van der Waals surface area contributed by atoms with Crippen LogP contribution >= 0.6 is 15.9 Å². The SMILES string of the molecule is Cc1cc2c(cc1C)N(Cc1ccccc1Br)CN2Cc1ccc2c(c1)OCO2. The topological polar surface area (TPSA) is 24.9 Å². The monoisotopic (exact) mass is 450 g/mol. The zero-order chi connectivity index (χ0) is 20.0. The second-order valence-corrected chi connectivity index (χ2v) is 8.60. The van der Waals surface area contributed by atoms with Crippen molar-refractivity contribution in [3.05, 3.63) is 81.3 Å². The van der Waals surface area contributed by atoms with Gasteiger partial charge in [-0.2, -0.15) is 0 Å². The van der Waals surface area contributed by atoms with E-state index in [-0.39, 0.29) is 0 Å². The van der Waals surface area contributed by atoms with E-state index in [0.29, 0.717) is 6.79 Å². The fourth-order valence-corrected chi connectivity index (χ4v) is 4.42. The Morgan fingerprint density at radius 3 is 2.28 bits per heavy atom. The summed E-state index contributed by atoms with van der Waals surface area (Å²) in [7, 11) is 0. The Morgan fingerprint density at radius 2 is 1.52 bits per heavy atom. The zero-order valence-corrected chi connectivity index (χ0v) is 18.2. The lowest BCUT2D eigenvalue weighted by Crippen LogP contribution is -2.30. The molecule has 0 fully saturated rings. The number of aryl methyl sites for hydroxylation is 2. The summed E-state index contributed by atoms with van der Waals surface area (Å²) < 4.78 is 12.2. The van der Waals surface area contributed by atoms with Gasteiger partial charge in [-0.05, 0) is 66.4 Å². The summed E-state index contributed by atoms with van der Waals surface area (Å²) in [6.45, 7) is 7.24. The highest BCUT2D eigenvalue weighted by molar-refractivity contribution is 9.10.